The molecule has 5 nitrogen and oxygen atoms in total. The average molecular weight is 338 g/mol. The van der Waals surface area contributed by atoms with Crippen molar-refractivity contribution in [3.05, 3.63) is 0 Å². The lowest BCUT2D eigenvalue weighted by Gasteiger charge is -2.23. The van der Waals surface area contributed by atoms with Crippen LogP contribution >= 0.6 is 0 Å². The quantitative estimate of drug-likeness (QED) is 0.648. The fourth-order valence-electron chi connectivity index (χ4n) is 3.83. The van der Waals surface area contributed by atoms with Crippen molar-refractivity contribution >= 4 is 11.9 Å². The third-order valence-electron chi connectivity index (χ3n) is 5.28. The lowest BCUT2D eigenvalue weighted by Crippen LogP contribution is -2.43. The molecule has 2 aliphatic carbocycles. The third kappa shape index (κ3) is 8.02. The minimum Gasteiger partial charge on any atom is -0.353 e. The molecule has 3 N–H and O–H groups in total. The van der Waals surface area contributed by atoms with E-state index >= 15 is 0 Å². The maximum absolute atomic E-state index is 12.0. The Hall–Kier alpha value is -1.26. The van der Waals surface area contributed by atoms with Gasteiger partial charge in [0.15, 0.2) is 0 Å². The van der Waals surface area contributed by atoms with Crippen LogP contribution in [-0.4, -0.2) is 30.6 Å². The van der Waals surface area contributed by atoms with E-state index in [2.05, 4.69) is 16.0 Å². The molecule has 0 aliphatic heterocycles. The minimum absolute atomic E-state index is 0.0812. The summed E-state index contributed by atoms with van der Waals surface area (Å²) >= 11 is 0. The fourth-order valence-corrected chi connectivity index (χ4v) is 3.83. The average Bonchev–Trinajstić information content (AvgIpc) is 2.55. The molecule has 0 aromatic heterocycles. The number of hydrogen-bond acceptors (Lipinski definition) is 2. The minimum atomic E-state index is -0.0812. The van der Waals surface area contributed by atoms with Gasteiger partial charge in [-0.25, -0.2) is 4.79 Å². The second-order valence-corrected chi connectivity index (χ2v) is 7.45. The normalized spacial score (nSPS) is 20.7. The van der Waals surface area contributed by atoms with E-state index in [0.717, 1.165) is 25.7 Å². The Morgan fingerprint density at radius 3 is 1.83 bits per heavy atom. The summed E-state index contributed by atoms with van der Waals surface area (Å²) in [5.74, 6) is 0.134. The van der Waals surface area contributed by atoms with E-state index in [0.29, 0.717) is 31.5 Å². The van der Waals surface area contributed by atoms with E-state index in [4.69, 9.17) is 0 Å². The highest BCUT2D eigenvalue weighted by atomic mass is 16.2. The molecule has 0 aromatic rings. The number of carbonyl (C=O) groups excluding carboxylic acids is 2. The maximum atomic E-state index is 12.0. The summed E-state index contributed by atoms with van der Waals surface area (Å²) < 4.78 is 0. The molecule has 0 heterocycles. The smallest absolute Gasteiger partial charge is 0.315 e. The summed E-state index contributed by atoms with van der Waals surface area (Å²) in [6, 6.07) is 0.615. The summed E-state index contributed by atoms with van der Waals surface area (Å²) in [7, 11) is 0. The van der Waals surface area contributed by atoms with Crippen LogP contribution in [0.4, 0.5) is 4.79 Å². The first-order chi connectivity index (χ1) is 11.7. The number of nitrogens with one attached hydrogen (secondary N) is 3. The fraction of sp³-hybridized carbons (Fsp3) is 0.895. The van der Waals surface area contributed by atoms with Gasteiger partial charge >= 0.3 is 6.03 Å². The summed E-state index contributed by atoms with van der Waals surface area (Å²) in [4.78, 5) is 23.9. The van der Waals surface area contributed by atoms with Gasteiger partial charge in [-0.2, -0.15) is 0 Å². The van der Waals surface area contributed by atoms with Gasteiger partial charge in [0.2, 0.25) is 5.91 Å². The molecule has 0 radical (unpaired) electrons. The van der Waals surface area contributed by atoms with E-state index < -0.39 is 0 Å². The Balaban J connectivity index is 1.51. The molecule has 0 saturated heterocycles. The molecule has 0 unspecified atom stereocenters. The Morgan fingerprint density at radius 1 is 0.708 bits per heavy atom. The van der Waals surface area contributed by atoms with Crippen LogP contribution in [-0.2, 0) is 4.79 Å². The molecular weight excluding hydrogens is 302 g/mol. The highest BCUT2D eigenvalue weighted by molar-refractivity contribution is 5.76. The lowest BCUT2D eigenvalue weighted by molar-refractivity contribution is -0.122. The van der Waals surface area contributed by atoms with Gasteiger partial charge in [0.25, 0.3) is 0 Å². The highest BCUT2D eigenvalue weighted by Gasteiger charge is 2.16. The molecule has 2 saturated carbocycles. The first-order valence-electron chi connectivity index (χ1n) is 10.1. The SMILES string of the molecule is O=C(CCCNC(=O)NC1CCCCC1)NC1CCCCCCC1. The van der Waals surface area contributed by atoms with Gasteiger partial charge in [-0.3, -0.25) is 4.79 Å². The Morgan fingerprint density at radius 2 is 1.21 bits per heavy atom. The molecule has 2 aliphatic rings. The van der Waals surface area contributed by atoms with Crippen LogP contribution < -0.4 is 16.0 Å². The molecule has 5 heteroatoms. The molecular formula is C19H35N3O2. The number of hydrogen-bond donors (Lipinski definition) is 3. The predicted molar refractivity (Wildman–Crippen MR) is 96.9 cm³/mol. The van der Waals surface area contributed by atoms with E-state index in [1.807, 2.05) is 0 Å². The highest BCUT2D eigenvalue weighted by Crippen LogP contribution is 2.18. The monoisotopic (exact) mass is 337 g/mol. The van der Waals surface area contributed by atoms with Crippen molar-refractivity contribution in [2.45, 2.75) is 102 Å². The van der Waals surface area contributed by atoms with Gasteiger partial charge in [0.05, 0.1) is 0 Å². The zero-order valence-corrected chi connectivity index (χ0v) is 15.1. The van der Waals surface area contributed by atoms with E-state index in [9.17, 15) is 9.59 Å². The van der Waals surface area contributed by atoms with Crippen molar-refractivity contribution in [1.82, 2.24) is 16.0 Å². The number of rotatable bonds is 6. The Labute approximate surface area is 146 Å². The Kier molecular flexibility index (Phi) is 9.00. The van der Waals surface area contributed by atoms with Crippen molar-refractivity contribution in [3.63, 3.8) is 0 Å². The molecule has 0 aromatic carbocycles. The van der Waals surface area contributed by atoms with Crippen molar-refractivity contribution in [2.24, 2.45) is 0 Å². The van der Waals surface area contributed by atoms with E-state index in [1.54, 1.807) is 0 Å². The molecule has 138 valence electrons. The van der Waals surface area contributed by atoms with Gasteiger partial charge in [0.1, 0.15) is 0 Å². The largest absolute Gasteiger partial charge is 0.353 e. The summed E-state index contributed by atoms with van der Waals surface area (Å²) in [5, 5.41) is 9.09. The summed E-state index contributed by atoms with van der Waals surface area (Å²) in [5.41, 5.74) is 0. The molecule has 24 heavy (non-hydrogen) atoms. The first kappa shape index (κ1) is 19.1. The number of amides is 3. The van der Waals surface area contributed by atoms with Crippen LogP contribution in [0.25, 0.3) is 0 Å². The number of urea groups is 1. The molecule has 3 amide bonds. The van der Waals surface area contributed by atoms with Gasteiger partial charge in [-0.15, -0.1) is 0 Å². The molecule has 0 bridgehead atoms. The second kappa shape index (κ2) is 11.3. The van der Waals surface area contributed by atoms with Crippen molar-refractivity contribution in [1.29, 1.82) is 0 Å². The standard InChI is InChI=1S/C19H35N3O2/c23-18(21-16-10-5-2-1-3-6-11-16)14-9-15-20-19(24)22-17-12-7-4-8-13-17/h16-17H,1-15H2,(H,21,23)(H2,20,22,24). The van der Waals surface area contributed by atoms with E-state index in [-0.39, 0.29) is 11.9 Å². The first-order valence-corrected chi connectivity index (χ1v) is 10.1. The van der Waals surface area contributed by atoms with Gasteiger partial charge in [0, 0.05) is 25.0 Å². The second-order valence-electron chi connectivity index (χ2n) is 7.45. The maximum Gasteiger partial charge on any atom is 0.315 e. The Bertz CT molecular complexity index is 373. The van der Waals surface area contributed by atoms with Crippen LogP contribution in [0, 0.1) is 0 Å². The zero-order chi connectivity index (χ0) is 17.0. The molecule has 2 fully saturated rings. The third-order valence-corrected chi connectivity index (χ3v) is 5.28. The lowest BCUT2D eigenvalue weighted by atomic mass is 9.96. The molecule has 0 atom stereocenters. The van der Waals surface area contributed by atoms with Crippen molar-refractivity contribution < 1.29 is 9.59 Å². The van der Waals surface area contributed by atoms with Gasteiger partial charge in [-0.1, -0.05) is 51.4 Å². The van der Waals surface area contributed by atoms with Crippen LogP contribution in [0.1, 0.15) is 89.9 Å². The topological polar surface area (TPSA) is 70.2 Å². The summed E-state index contributed by atoms with van der Waals surface area (Å²) in [6.07, 6.45) is 15.7. The number of carbonyl (C=O) groups is 2. The van der Waals surface area contributed by atoms with Gasteiger partial charge < -0.3 is 16.0 Å². The van der Waals surface area contributed by atoms with Crippen LogP contribution in [0.5, 0.6) is 0 Å². The predicted octanol–water partition coefficient (Wildman–Crippen LogP) is 3.63. The summed E-state index contributed by atoms with van der Waals surface area (Å²) in [6.45, 7) is 0.566. The van der Waals surface area contributed by atoms with Gasteiger partial charge in [-0.05, 0) is 32.1 Å². The van der Waals surface area contributed by atoms with Crippen LogP contribution in [0.2, 0.25) is 0 Å². The molecule has 0 spiro atoms. The van der Waals surface area contributed by atoms with Crippen molar-refractivity contribution in [3.8, 4) is 0 Å². The van der Waals surface area contributed by atoms with Crippen molar-refractivity contribution in [2.75, 3.05) is 6.54 Å². The van der Waals surface area contributed by atoms with Crippen LogP contribution in [0.15, 0.2) is 0 Å². The molecule has 2 rings (SSSR count). The zero-order valence-electron chi connectivity index (χ0n) is 15.1. The van der Waals surface area contributed by atoms with Crippen LogP contribution in [0.3, 0.4) is 0 Å². The van der Waals surface area contributed by atoms with E-state index in [1.165, 1.54) is 51.4 Å².